The van der Waals surface area contributed by atoms with Crippen LogP contribution in [0.5, 0.6) is 11.5 Å². The fraction of sp³-hybridized carbons (Fsp3) is 0.0714. The summed E-state index contributed by atoms with van der Waals surface area (Å²) >= 11 is 3.17. The van der Waals surface area contributed by atoms with Gasteiger partial charge in [-0.15, -0.1) is 0 Å². The number of amides is 1. The van der Waals surface area contributed by atoms with E-state index in [0.717, 1.165) is 5.75 Å². The highest BCUT2D eigenvalue weighted by molar-refractivity contribution is 9.10. The first-order valence-electron chi connectivity index (χ1n) is 5.54. The first-order valence-corrected chi connectivity index (χ1v) is 6.33. The van der Waals surface area contributed by atoms with E-state index in [-0.39, 0.29) is 11.7 Å². The number of hydrogen-bond donors (Lipinski definition) is 2. The molecule has 0 fully saturated rings. The Labute approximate surface area is 119 Å². The van der Waals surface area contributed by atoms with Gasteiger partial charge in [-0.1, -0.05) is 0 Å². The van der Waals surface area contributed by atoms with Crippen molar-refractivity contribution < 1.29 is 14.6 Å². The van der Waals surface area contributed by atoms with Crippen LogP contribution in [-0.4, -0.2) is 18.1 Å². The molecule has 2 aromatic carbocycles. The van der Waals surface area contributed by atoms with Gasteiger partial charge in [0.15, 0.2) is 0 Å². The van der Waals surface area contributed by atoms with Gasteiger partial charge in [-0.05, 0) is 58.4 Å². The lowest BCUT2D eigenvalue weighted by Crippen LogP contribution is -2.11. The van der Waals surface area contributed by atoms with E-state index in [4.69, 9.17) is 4.74 Å². The Bertz CT molecular complexity index is 596. The van der Waals surface area contributed by atoms with Crippen molar-refractivity contribution in [3.05, 3.63) is 52.5 Å². The van der Waals surface area contributed by atoms with Gasteiger partial charge in [-0.3, -0.25) is 4.79 Å². The van der Waals surface area contributed by atoms with Gasteiger partial charge in [0.25, 0.3) is 5.91 Å². The zero-order chi connectivity index (χ0) is 13.8. The maximum absolute atomic E-state index is 12.0. The lowest BCUT2D eigenvalue weighted by atomic mass is 10.2. The molecule has 4 nitrogen and oxygen atoms in total. The van der Waals surface area contributed by atoms with Crippen LogP contribution in [0, 0.1) is 0 Å². The third-order valence-electron chi connectivity index (χ3n) is 2.56. The van der Waals surface area contributed by atoms with E-state index in [9.17, 15) is 9.90 Å². The second kappa shape index (κ2) is 5.75. The minimum atomic E-state index is -0.284. The maximum atomic E-state index is 12.0. The Hall–Kier alpha value is -2.01. The topological polar surface area (TPSA) is 58.6 Å². The van der Waals surface area contributed by atoms with Crippen molar-refractivity contribution in [3.8, 4) is 11.5 Å². The van der Waals surface area contributed by atoms with Crippen molar-refractivity contribution in [1.82, 2.24) is 0 Å². The number of methoxy groups -OCH3 is 1. The van der Waals surface area contributed by atoms with Gasteiger partial charge in [-0.25, -0.2) is 0 Å². The molecule has 0 saturated heterocycles. The predicted molar refractivity (Wildman–Crippen MR) is 76.8 cm³/mol. The van der Waals surface area contributed by atoms with Gasteiger partial charge >= 0.3 is 0 Å². The van der Waals surface area contributed by atoms with Crippen molar-refractivity contribution >= 4 is 27.5 Å². The van der Waals surface area contributed by atoms with E-state index in [1.165, 1.54) is 6.07 Å². The highest BCUT2D eigenvalue weighted by Gasteiger charge is 2.08. The van der Waals surface area contributed by atoms with E-state index >= 15 is 0 Å². The molecule has 0 aromatic heterocycles. The molecule has 1 amide bonds. The van der Waals surface area contributed by atoms with Crippen LogP contribution in [0.3, 0.4) is 0 Å². The Morgan fingerprint density at radius 3 is 2.47 bits per heavy atom. The van der Waals surface area contributed by atoms with Crippen LogP contribution in [0.15, 0.2) is 46.9 Å². The van der Waals surface area contributed by atoms with E-state index in [0.29, 0.717) is 15.7 Å². The minimum Gasteiger partial charge on any atom is -0.507 e. The summed E-state index contributed by atoms with van der Waals surface area (Å²) in [6, 6.07) is 11.7. The molecule has 0 aliphatic heterocycles. The van der Waals surface area contributed by atoms with Gasteiger partial charge < -0.3 is 15.2 Å². The van der Waals surface area contributed by atoms with Gasteiger partial charge in [0.1, 0.15) is 11.5 Å². The SMILES string of the molecule is COc1ccc(NC(=O)c2ccc(Br)c(O)c2)cc1. The predicted octanol–water partition coefficient (Wildman–Crippen LogP) is 3.42. The number of carbonyl (C=O) groups excluding carboxylic acids is 1. The fourth-order valence-electron chi connectivity index (χ4n) is 1.53. The molecule has 0 bridgehead atoms. The average Bonchev–Trinajstić information content (AvgIpc) is 2.42. The number of aromatic hydroxyl groups is 1. The molecule has 0 unspecified atom stereocenters. The van der Waals surface area contributed by atoms with E-state index < -0.39 is 0 Å². The molecule has 0 saturated carbocycles. The van der Waals surface area contributed by atoms with E-state index in [1.807, 2.05) is 0 Å². The lowest BCUT2D eigenvalue weighted by molar-refractivity contribution is 0.102. The Morgan fingerprint density at radius 1 is 1.21 bits per heavy atom. The quantitative estimate of drug-likeness (QED) is 0.910. The smallest absolute Gasteiger partial charge is 0.255 e. The second-order valence-electron chi connectivity index (χ2n) is 3.85. The molecule has 2 N–H and O–H groups in total. The van der Waals surface area contributed by atoms with Gasteiger partial charge in [0, 0.05) is 11.3 Å². The first kappa shape index (κ1) is 13.4. The van der Waals surface area contributed by atoms with Gasteiger partial charge in [0.05, 0.1) is 11.6 Å². The van der Waals surface area contributed by atoms with Crippen molar-refractivity contribution in [2.45, 2.75) is 0 Å². The molecule has 98 valence electrons. The zero-order valence-electron chi connectivity index (χ0n) is 10.2. The number of halogens is 1. The molecule has 2 aromatic rings. The molecular weight excluding hydrogens is 310 g/mol. The monoisotopic (exact) mass is 321 g/mol. The van der Waals surface area contributed by atoms with Crippen LogP contribution in [0.1, 0.15) is 10.4 Å². The van der Waals surface area contributed by atoms with Gasteiger partial charge in [0.2, 0.25) is 0 Å². The molecule has 0 aliphatic carbocycles. The maximum Gasteiger partial charge on any atom is 0.255 e. The summed E-state index contributed by atoms with van der Waals surface area (Å²) in [6.07, 6.45) is 0. The lowest BCUT2D eigenvalue weighted by Gasteiger charge is -2.07. The summed E-state index contributed by atoms with van der Waals surface area (Å²) in [5.74, 6) is 0.467. The third kappa shape index (κ3) is 3.26. The molecule has 5 heteroatoms. The minimum absolute atomic E-state index is 0.0300. The summed E-state index contributed by atoms with van der Waals surface area (Å²) < 4.78 is 5.59. The molecular formula is C14H12BrNO3. The highest BCUT2D eigenvalue weighted by atomic mass is 79.9. The van der Waals surface area contributed by atoms with Crippen LogP contribution in [0.4, 0.5) is 5.69 Å². The molecule has 0 atom stereocenters. The number of phenols is 1. The standard InChI is InChI=1S/C14H12BrNO3/c1-19-11-5-3-10(4-6-11)16-14(18)9-2-7-12(15)13(17)8-9/h2-8,17H,1H3,(H,16,18). The molecule has 0 radical (unpaired) electrons. The highest BCUT2D eigenvalue weighted by Crippen LogP contribution is 2.25. The molecule has 0 heterocycles. The number of ether oxygens (including phenoxy) is 1. The third-order valence-corrected chi connectivity index (χ3v) is 3.23. The van der Waals surface area contributed by atoms with Gasteiger partial charge in [-0.2, -0.15) is 0 Å². The largest absolute Gasteiger partial charge is 0.507 e. The number of anilines is 1. The number of nitrogens with one attached hydrogen (secondary N) is 1. The number of rotatable bonds is 3. The summed E-state index contributed by atoms with van der Waals surface area (Å²) in [5.41, 5.74) is 1.05. The second-order valence-corrected chi connectivity index (χ2v) is 4.70. The van der Waals surface area contributed by atoms with Crippen molar-refractivity contribution in [3.63, 3.8) is 0 Å². The Morgan fingerprint density at radius 2 is 1.89 bits per heavy atom. The summed E-state index contributed by atoms with van der Waals surface area (Å²) in [6.45, 7) is 0. The summed E-state index contributed by atoms with van der Waals surface area (Å²) in [7, 11) is 1.58. The Kier molecular flexibility index (Phi) is 4.06. The van der Waals surface area contributed by atoms with E-state index in [2.05, 4.69) is 21.2 Å². The van der Waals surface area contributed by atoms with Crippen LogP contribution in [-0.2, 0) is 0 Å². The van der Waals surface area contributed by atoms with Crippen LogP contribution in [0.2, 0.25) is 0 Å². The number of phenolic OH excluding ortho intramolecular Hbond substituents is 1. The van der Waals surface area contributed by atoms with Crippen LogP contribution in [0.25, 0.3) is 0 Å². The van der Waals surface area contributed by atoms with Crippen LogP contribution < -0.4 is 10.1 Å². The van der Waals surface area contributed by atoms with Crippen molar-refractivity contribution in [2.75, 3.05) is 12.4 Å². The van der Waals surface area contributed by atoms with E-state index in [1.54, 1.807) is 43.5 Å². The molecule has 2 rings (SSSR count). The number of benzene rings is 2. The summed E-state index contributed by atoms with van der Waals surface area (Å²) in [5, 5.41) is 12.3. The van der Waals surface area contributed by atoms with Crippen molar-refractivity contribution in [1.29, 1.82) is 0 Å². The van der Waals surface area contributed by atoms with Crippen molar-refractivity contribution in [2.24, 2.45) is 0 Å². The summed E-state index contributed by atoms with van der Waals surface area (Å²) in [4.78, 5) is 12.0. The zero-order valence-corrected chi connectivity index (χ0v) is 11.8. The number of hydrogen-bond acceptors (Lipinski definition) is 3. The Balaban J connectivity index is 2.13. The number of carbonyl (C=O) groups is 1. The van der Waals surface area contributed by atoms with Crippen LogP contribution >= 0.6 is 15.9 Å². The normalized spacial score (nSPS) is 10.0. The first-order chi connectivity index (χ1) is 9.10. The molecule has 19 heavy (non-hydrogen) atoms. The fourth-order valence-corrected chi connectivity index (χ4v) is 1.78. The molecule has 0 spiro atoms. The average molecular weight is 322 g/mol. The molecule has 0 aliphatic rings.